The van der Waals surface area contributed by atoms with Crippen LogP contribution in [0.1, 0.15) is 18.6 Å². The van der Waals surface area contributed by atoms with E-state index in [1.807, 2.05) is 30.3 Å². The number of ether oxygens (including phenoxy) is 1. The van der Waals surface area contributed by atoms with Gasteiger partial charge < -0.3 is 15.2 Å². The van der Waals surface area contributed by atoms with E-state index in [4.69, 9.17) is 0 Å². The highest BCUT2D eigenvalue weighted by molar-refractivity contribution is 5.85. The van der Waals surface area contributed by atoms with Crippen LogP contribution in [-0.2, 0) is 14.3 Å². The lowest BCUT2D eigenvalue weighted by Crippen LogP contribution is -2.44. The van der Waals surface area contributed by atoms with Gasteiger partial charge in [0.1, 0.15) is 6.10 Å². The molecule has 110 valence electrons. The minimum atomic E-state index is -1.18. The maximum Gasteiger partial charge on any atom is 0.331 e. The van der Waals surface area contributed by atoms with Crippen LogP contribution in [0, 0.1) is 0 Å². The molecule has 2 aromatic carbocycles. The van der Waals surface area contributed by atoms with Crippen molar-refractivity contribution in [2.75, 3.05) is 7.11 Å². The van der Waals surface area contributed by atoms with Crippen molar-refractivity contribution >= 4 is 22.6 Å². The number of aliphatic hydroxyl groups is 1. The second kappa shape index (κ2) is 6.37. The molecule has 0 aliphatic rings. The van der Waals surface area contributed by atoms with Gasteiger partial charge in [-0.05, 0) is 22.4 Å². The Bertz CT molecular complexity index is 668. The fraction of sp³-hybridized carbons (Fsp3) is 0.250. The number of aliphatic hydroxyl groups excluding tert-OH is 1. The second-order valence-electron chi connectivity index (χ2n) is 4.75. The summed E-state index contributed by atoms with van der Waals surface area (Å²) in [6, 6.07) is 11.9. The molecule has 21 heavy (non-hydrogen) atoms. The number of rotatable bonds is 4. The van der Waals surface area contributed by atoms with Gasteiger partial charge in [0.15, 0.2) is 6.04 Å². The molecule has 0 saturated carbocycles. The predicted molar refractivity (Wildman–Crippen MR) is 78.5 cm³/mol. The van der Waals surface area contributed by atoms with Crippen molar-refractivity contribution in [3.05, 3.63) is 48.0 Å². The van der Waals surface area contributed by atoms with Crippen LogP contribution in [0.4, 0.5) is 0 Å². The van der Waals surface area contributed by atoms with E-state index in [1.165, 1.54) is 14.0 Å². The molecule has 0 spiro atoms. The van der Waals surface area contributed by atoms with Crippen LogP contribution >= 0.6 is 0 Å². The molecule has 5 nitrogen and oxygen atoms in total. The molecule has 0 bridgehead atoms. The summed E-state index contributed by atoms with van der Waals surface area (Å²) < 4.78 is 4.63. The van der Waals surface area contributed by atoms with E-state index in [9.17, 15) is 14.7 Å². The Balaban J connectivity index is 2.35. The fourth-order valence-electron chi connectivity index (χ4n) is 2.20. The number of hydrogen-bond acceptors (Lipinski definition) is 4. The van der Waals surface area contributed by atoms with Gasteiger partial charge in [-0.25, -0.2) is 4.79 Å². The van der Waals surface area contributed by atoms with Crippen LogP contribution in [0.3, 0.4) is 0 Å². The predicted octanol–water partition coefficient (Wildman–Crippen LogP) is 1.55. The van der Waals surface area contributed by atoms with Crippen LogP contribution in [-0.4, -0.2) is 30.1 Å². The SMILES string of the molecule is COC(=O)[C@H](NC(C)=O)[C@@H](O)c1ccc2ccccc2c1. The largest absolute Gasteiger partial charge is 0.467 e. The normalized spacial score (nSPS) is 13.5. The first-order valence-electron chi connectivity index (χ1n) is 6.54. The standard InChI is InChI=1S/C16H17NO4/c1-10(18)17-14(16(20)21-2)15(19)13-8-7-11-5-3-4-6-12(11)9-13/h3-9,14-15,19H,1-2H3,(H,17,18)/t14-,15+/m1/s1. The molecule has 0 heterocycles. The van der Waals surface area contributed by atoms with E-state index < -0.39 is 24.0 Å². The number of esters is 1. The van der Waals surface area contributed by atoms with E-state index in [-0.39, 0.29) is 0 Å². The zero-order chi connectivity index (χ0) is 15.4. The average Bonchev–Trinajstić information content (AvgIpc) is 2.50. The number of hydrogen-bond donors (Lipinski definition) is 2. The van der Waals surface area contributed by atoms with E-state index in [1.54, 1.807) is 12.1 Å². The third kappa shape index (κ3) is 3.38. The monoisotopic (exact) mass is 287 g/mol. The molecule has 0 aromatic heterocycles. The van der Waals surface area contributed by atoms with Gasteiger partial charge in [-0.3, -0.25) is 4.79 Å². The minimum Gasteiger partial charge on any atom is -0.467 e. The summed E-state index contributed by atoms with van der Waals surface area (Å²) in [6.07, 6.45) is -1.18. The highest BCUT2D eigenvalue weighted by atomic mass is 16.5. The lowest BCUT2D eigenvalue weighted by atomic mass is 9.99. The molecule has 0 aliphatic carbocycles. The second-order valence-corrected chi connectivity index (χ2v) is 4.75. The summed E-state index contributed by atoms with van der Waals surface area (Å²) in [5, 5.41) is 14.8. The topological polar surface area (TPSA) is 75.6 Å². The third-order valence-corrected chi connectivity index (χ3v) is 3.24. The Hall–Kier alpha value is -2.40. The highest BCUT2D eigenvalue weighted by Gasteiger charge is 2.29. The Kier molecular flexibility index (Phi) is 4.55. The molecule has 2 aromatic rings. The molecule has 0 saturated heterocycles. The van der Waals surface area contributed by atoms with Crippen molar-refractivity contribution in [3.8, 4) is 0 Å². The van der Waals surface area contributed by atoms with Gasteiger partial charge in [0.05, 0.1) is 7.11 Å². The molecule has 5 heteroatoms. The van der Waals surface area contributed by atoms with E-state index in [0.29, 0.717) is 5.56 Å². The first-order valence-corrected chi connectivity index (χ1v) is 6.54. The summed E-state index contributed by atoms with van der Waals surface area (Å²) in [5.74, 6) is -1.10. The van der Waals surface area contributed by atoms with Gasteiger partial charge >= 0.3 is 5.97 Å². The fourth-order valence-corrected chi connectivity index (χ4v) is 2.20. The Morgan fingerprint density at radius 2 is 1.81 bits per heavy atom. The first kappa shape index (κ1) is 15.0. The zero-order valence-electron chi connectivity index (χ0n) is 11.9. The van der Waals surface area contributed by atoms with Crippen molar-refractivity contribution in [1.29, 1.82) is 0 Å². The van der Waals surface area contributed by atoms with Crippen molar-refractivity contribution in [3.63, 3.8) is 0 Å². The van der Waals surface area contributed by atoms with Gasteiger partial charge in [0, 0.05) is 6.92 Å². The lowest BCUT2D eigenvalue weighted by molar-refractivity contribution is -0.148. The molecule has 0 radical (unpaired) electrons. The molecule has 2 atom stereocenters. The highest BCUT2D eigenvalue weighted by Crippen LogP contribution is 2.23. The number of fused-ring (bicyclic) bond motifs is 1. The van der Waals surface area contributed by atoms with Gasteiger partial charge in [-0.2, -0.15) is 0 Å². The molecule has 2 rings (SSSR count). The van der Waals surface area contributed by atoms with Crippen molar-refractivity contribution < 1.29 is 19.4 Å². The molecular formula is C16H17NO4. The number of carbonyl (C=O) groups excluding carboxylic acids is 2. The van der Waals surface area contributed by atoms with Crippen LogP contribution in [0.5, 0.6) is 0 Å². The number of nitrogens with one attached hydrogen (secondary N) is 1. The maximum absolute atomic E-state index is 11.7. The molecular weight excluding hydrogens is 270 g/mol. The molecule has 0 fully saturated rings. The van der Waals surface area contributed by atoms with Crippen LogP contribution in [0.15, 0.2) is 42.5 Å². The molecule has 0 aliphatic heterocycles. The number of carbonyl (C=O) groups is 2. The van der Waals surface area contributed by atoms with Crippen molar-refractivity contribution in [2.24, 2.45) is 0 Å². The minimum absolute atomic E-state index is 0.412. The van der Waals surface area contributed by atoms with E-state index in [0.717, 1.165) is 10.8 Å². The van der Waals surface area contributed by atoms with Crippen LogP contribution in [0.25, 0.3) is 10.8 Å². The summed E-state index contributed by atoms with van der Waals surface area (Å²) in [7, 11) is 1.21. The first-order chi connectivity index (χ1) is 10.0. The number of amides is 1. The molecule has 0 unspecified atom stereocenters. The average molecular weight is 287 g/mol. The third-order valence-electron chi connectivity index (χ3n) is 3.24. The van der Waals surface area contributed by atoms with E-state index in [2.05, 4.69) is 10.1 Å². The Labute approximate surface area is 122 Å². The summed E-state index contributed by atoms with van der Waals surface area (Å²) in [5.41, 5.74) is 0.540. The quantitative estimate of drug-likeness (QED) is 0.837. The molecule has 2 N–H and O–H groups in total. The van der Waals surface area contributed by atoms with E-state index >= 15 is 0 Å². The summed E-state index contributed by atoms with van der Waals surface area (Å²) in [6.45, 7) is 1.28. The van der Waals surface area contributed by atoms with Gasteiger partial charge in [-0.15, -0.1) is 0 Å². The van der Waals surface area contributed by atoms with Gasteiger partial charge in [0.2, 0.25) is 5.91 Å². The number of methoxy groups -OCH3 is 1. The van der Waals surface area contributed by atoms with Gasteiger partial charge in [0.25, 0.3) is 0 Å². The Morgan fingerprint density at radius 1 is 1.14 bits per heavy atom. The van der Waals surface area contributed by atoms with Gasteiger partial charge in [-0.1, -0.05) is 36.4 Å². The molecule has 1 amide bonds. The summed E-state index contributed by atoms with van der Waals surface area (Å²) >= 11 is 0. The lowest BCUT2D eigenvalue weighted by Gasteiger charge is -2.22. The van der Waals surface area contributed by atoms with Crippen molar-refractivity contribution in [1.82, 2.24) is 5.32 Å². The van der Waals surface area contributed by atoms with Crippen LogP contribution in [0.2, 0.25) is 0 Å². The maximum atomic E-state index is 11.7. The smallest absolute Gasteiger partial charge is 0.331 e. The van der Waals surface area contributed by atoms with Crippen molar-refractivity contribution in [2.45, 2.75) is 19.1 Å². The number of benzene rings is 2. The van der Waals surface area contributed by atoms with Crippen LogP contribution < -0.4 is 5.32 Å². The zero-order valence-corrected chi connectivity index (χ0v) is 11.9. The summed E-state index contributed by atoms with van der Waals surface area (Å²) in [4.78, 5) is 22.9. The Morgan fingerprint density at radius 3 is 2.43 bits per heavy atom.